The van der Waals surface area contributed by atoms with Crippen molar-refractivity contribution >= 4 is 17.3 Å². The van der Waals surface area contributed by atoms with E-state index in [0.29, 0.717) is 46.8 Å². The number of anilines is 3. The van der Waals surface area contributed by atoms with Crippen LogP contribution in [0.4, 0.5) is 17.3 Å². The average molecular weight is 375 g/mol. The van der Waals surface area contributed by atoms with Crippen LogP contribution in [0.5, 0.6) is 11.5 Å². The fraction of sp³-hybridized carbons (Fsp3) is 0.190. The largest absolute Gasteiger partial charge is 0.493 e. The van der Waals surface area contributed by atoms with Crippen molar-refractivity contribution in [2.45, 2.75) is 13.5 Å². The number of aromatic nitrogens is 2. The third kappa shape index (κ3) is 4.48. The lowest BCUT2D eigenvalue weighted by Crippen LogP contribution is -2.06. The summed E-state index contributed by atoms with van der Waals surface area (Å²) < 4.78 is 10.6. The van der Waals surface area contributed by atoms with Gasteiger partial charge in [0.15, 0.2) is 11.5 Å². The van der Waals surface area contributed by atoms with Crippen molar-refractivity contribution in [1.29, 1.82) is 5.26 Å². The predicted molar refractivity (Wildman–Crippen MR) is 108 cm³/mol. The zero-order valence-electron chi connectivity index (χ0n) is 16.0. The van der Waals surface area contributed by atoms with E-state index in [0.717, 1.165) is 5.56 Å². The van der Waals surface area contributed by atoms with Crippen LogP contribution in [0, 0.1) is 18.3 Å². The van der Waals surface area contributed by atoms with Crippen molar-refractivity contribution in [2.24, 2.45) is 0 Å². The maximum atomic E-state index is 9.24. The summed E-state index contributed by atoms with van der Waals surface area (Å²) in [4.78, 5) is 8.83. The molecule has 0 aliphatic rings. The van der Waals surface area contributed by atoms with Gasteiger partial charge in [-0.1, -0.05) is 18.2 Å². The Kier molecular flexibility index (Phi) is 5.92. The minimum Gasteiger partial charge on any atom is -0.493 e. The Bertz CT molecular complexity index is 1010. The molecule has 0 fully saturated rings. The zero-order chi connectivity index (χ0) is 19.9. The van der Waals surface area contributed by atoms with E-state index < -0.39 is 0 Å². The molecule has 0 bridgehead atoms. The van der Waals surface area contributed by atoms with E-state index in [1.54, 1.807) is 20.3 Å². The molecule has 0 saturated heterocycles. The molecule has 0 amide bonds. The predicted octanol–water partition coefficient (Wildman–Crippen LogP) is 4.03. The van der Waals surface area contributed by atoms with Gasteiger partial charge < -0.3 is 20.1 Å². The summed E-state index contributed by atoms with van der Waals surface area (Å²) in [6, 6.07) is 17.0. The molecular formula is C21H21N5O2. The fourth-order valence-corrected chi connectivity index (χ4v) is 2.73. The van der Waals surface area contributed by atoms with Crippen LogP contribution < -0.4 is 20.1 Å². The van der Waals surface area contributed by atoms with E-state index in [1.165, 1.54) is 0 Å². The number of aryl methyl sites for hydroxylation is 1. The molecule has 1 heterocycles. The van der Waals surface area contributed by atoms with Crippen LogP contribution in [0.3, 0.4) is 0 Å². The highest BCUT2D eigenvalue weighted by Crippen LogP contribution is 2.28. The Morgan fingerprint density at radius 2 is 1.71 bits per heavy atom. The lowest BCUT2D eigenvalue weighted by molar-refractivity contribution is 0.354. The molecule has 2 aromatic carbocycles. The summed E-state index contributed by atoms with van der Waals surface area (Å²) in [5.74, 6) is 3.28. The molecule has 3 rings (SSSR count). The lowest BCUT2D eigenvalue weighted by atomic mass is 10.2. The summed E-state index contributed by atoms with van der Waals surface area (Å²) in [5.41, 5.74) is 2.28. The normalized spacial score (nSPS) is 10.1. The van der Waals surface area contributed by atoms with Crippen molar-refractivity contribution < 1.29 is 9.47 Å². The number of rotatable bonds is 7. The molecule has 0 spiro atoms. The van der Waals surface area contributed by atoms with Gasteiger partial charge in [0.25, 0.3) is 0 Å². The van der Waals surface area contributed by atoms with Crippen LogP contribution in [0.2, 0.25) is 0 Å². The fourth-order valence-electron chi connectivity index (χ4n) is 2.73. The average Bonchev–Trinajstić information content (AvgIpc) is 2.72. The molecule has 7 heteroatoms. The highest BCUT2D eigenvalue weighted by atomic mass is 16.5. The van der Waals surface area contributed by atoms with Crippen LogP contribution in [0.1, 0.15) is 17.0 Å². The third-order valence-corrected chi connectivity index (χ3v) is 4.07. The Morgan fingerprint density at radius 1 is 0.964 bits per heavy atom. The number of nitrogens with zero attached hydrogens (tertiary/aromatic N) is 3. The topological polar surface area (TPSA) is 92.1 Å². The van der Waals surface area contributed by atoms with Gasteiger partial charge in [0.05, 0.1) is 25.5 Å². The van der Waals surface area contributed by atoms with Crippen molar-refractivity contribution in [2.75, 3.05) is 24.9 Å². The van der Waals surface area contributed by atoms with Gasteiger partial charge in [0.1, 0.15) is 23.5 Å². The first-order valence-electron chi connectivity index (χ1n) is 8.69. The quantitative estimate of drug-likeness (QED) is 0.644. The number of nitriles is 1. The molecule has 3 aromatic rings. The molecule has 2 N–H and O–H groups in total. The minimum atomic E-state index is 0.554. The standard InChI is InChI=1S/C21H21N5O2/c1-14-24-20(23-13-15-8-9-18(27-2)19(10-15)28-3)11-21(25-14)26-17-7-5-4-6-16(17)12-22/h4-11H,13H2,1-3H3,(H2,23,24,25,26). The van der Waals surface area contributed by atoms with Gasteiger partial charge in [-0.05, 0) is 36.8 Å². The maximum absolute atomic E-state index is 9.24. The molecule has 0 aliphatic carbocycles. The maximum Gasteiger partial charge on any atom is 0.161 e. The first kappa shape index (κ1) is 19.0. The van der Waals surface area contributed by atoms with E-state index in [9.17, 15) is 5.26 Å². The van der Waals surface area contributed by atoms with Crippen molar-refractivity contribution in [3.63, 3.8) is 0 Å². The van der Waals surface area contributed by atoms with Crippen molar-refractivity contribution in [1.82, 2.24) is 9.97 Å². The van der Waals surface area contributed by atoms with Gasteiger partial charge in [0, 0.05) is 12.6 Å². The van der Waals surface area contributed by atoms with Crippen LogP contribution in [-0.2, 0) is 6.54 Å². The van der Waals surface area contributed by atoms with Gasteiger partial charge in [-0.15, -0.1) is 0 Å². The molecule has 0 saturated carbocycles. The number of para-hydroxylation sites is 1. The summed E-state index contributed by atoms with van der Waals surface area (Å²) in [5, 5.41) is 15.7. The van der Waals surface area contributed by atoms with E-state index in [2.05, 4.69) is 26.7 Å². The second-order valence-electron chi connectivity index (χ2n) is 6.01. The van der Waals surface area contributed by atoms with E-state index in [1.807, 2.05) is 49.4 Å². The van der Waals surface area contributed by atoms with Gasteiger partial charge >= 0.3 is 0 Å². The van der Waals surface area contributed by atoms with Gasteiger partial charge in [-0.25, -0.2) is 9.97 Å². The summed E-state index contributed by atoms with van der Waals surface area (Å²) >= 11 is 0. The molecule has 1 aromatic heterocycles. The van der Waals surface area contributed by atoms with Gasteiger partial charge in [0.2, 0.25) is 0 Å². The summed E-state index contributed by atoms with van der Waals surface area (Å²) in [6.07, 6.45) is 0. The van der Waals surface area contributed by atoms with Crippen molar-refractivity contribution in [3.8, 4) is 17.6 Å². The van der Waals surface area contributed by atoms with Crippen molar-refractivity contribution in [3.05, 3.63) is 65.5 Å². The van der Waals surface area contributed by atoms with E-state index >= 15 is 0 Å². The van der Waals surface area contributed by atoms with Gasteiger partial charge in [-0.3, -0.25) is 0 Å². The van der Waals surface area contributed by atoms with Crippen LogP contribution in [0.15, 0.2) is 48.5 Å². The Morgan fingerprint density at radius 3 is 2.46 bits per heavy atom. The van der Waals surface area contributed by atoms with Crippen LogP contribution >= 0.6 is 0 Å². The number of ether oxygens (including phenoxy) is 2. The monoisotopic (exact) mass is 375 g/mol. The molecular weight excluding hydrogens is 354 g/mol. The Hall–Kier alpha value is -3.79. The lowest BCUT2D eigenvalue weighted by Gasteiger charge is -2.12. The summed E-state index contributed by atoms with van der Waals surface area (Å²) in [6.45, 7) is 2.38. The number of hydrogen-bond donors (Lipinski definition) is 2. The SMILES string of the molecule is COc1ccc(CNc2cc(Nc3ccccc3C#N)nc(C)n2)cc1OC. The minimum absolute atomic E-state index is 0.554. The van der Waals surface area contributed by atoms with Crippen LogP contribution in [0.25, 0.3) is 0 Å². The molecule has 0 atom stereocenters. The smallest absolute Gasteiger partial charge is 0.161 e. The number of hydrogen-bond acceptors (Lipinski definition) is 7. The first-order chi connectivity index (χ1) is 13.6. The number of nitrogens with one attached hydrogen (secondary N) is 2. The second kappa shape index (κ2) is 8.73. The zero-order valence-corrected chi connectivity index (χ0v) is 16.0. The molecule has 7 nitrogen and oxygen atoms in total. The molecule has 0 aliphatic heterocycles. The Labute approximate surface area is 164 Å². The molecule has 0 unspecified atom stereocenters. The van der Waals surface area contributed by atoms with E-state index in [4.69, 9.17) is 9.47 Å². The third-order valence-electron chi connectivity index (χ3n) is 4.07. The van der Waals surface area contributed by atoms with E-state index in [-0.39, 0.29) is 0 Å². The molecule has 142 valence electrons. The highest BCUT2D eigenvalue weighted by Gasteiger charge is 2.07. The number of methoxy groups -OCH3 is 2. The van der Waals surface area contributed by atoms with Crippen LogP contribution in [-0.4, -0.2) is 24.2 Å². The Balaban J connectivity index is 1.76. The molecule has 28 heavy (non-hydrogen) atoms. The number of benzene rings is 2. The highest BCUT2D eigenvalue weighted by molar-refractivity contribution is 5.65. The second-order valence-corrected chi connectivity index (χ2v) is 6.01. The summed E-state index contributed by atoms with van der Waals surface area (Å²) in [7, 11) is 3.22. The van der Waals surface area contributed by atoms with Gasteiger partial charge in [-0.2, -0.15) is 5.26 Å². The molecule has 0 radical (unpaired) electrons. The first-order valence-corrected chi connectivity index (χ1v) is 8.69.